The van der Waals surface area contributed by atoms with E-state index in [1.807, 2.05) is 0 Å². The number of aliphatic imine (C=N–C) groups is 1. The van der Waals surface area contributed by atoms with E-state index in [9.17, 15) is 25.1 Å². The van der Waals surface area contributed by atoms with Crippen LogP contribution in [-0.4, -0.2) is 27.3 Å². The third-order valence-corrected chi connectivity index (χ3v) is 3.43. The SMILES string of the molecule is NC(=O)C1=C(O)C=NC(O)(c2ccc([N+](=O)[O-])s2)N1. The van der Waals surface area contributed by atoms with Crippen LogP contribution in [0.2, 0.25) is 0 Å². The molecule has 1 unspecified atom stereocenters. The second-order valence-electron chi connectivity index (χ2n) is 3.57. The van der Waals surface area contributed by atoms with E-state index in [-0.39, 0.29) is 9.88 Å². The van der Waals surface area contributed by atoms with Gasteiger partial charge in [-0.25, -0.2) is 4.99 Å². The van der Waals surface area contributed by atoms with Crippen LogP contribution in [-0.2, 0) is 10.6 Å². The van der Waals surface area contributed by atoms with Gasteiger partial charge in [-0.2, -0.15) is 0 Å². The minimum absolute atomic E-state index is 0.0849. The number of nitrogens with one attached hydrogen (secondary N) is 1. The van der Waals surface area contributed by atoms with Crippen LogP contribution >= 0.6 is 11.3 Å². The molecule has 0 saturated carbocycles. The average molecular weight is 284 g/mol. The van der Waals surface area contributed by atoms with E-state index in [1.165, 1.54) is 12.1 Å². The summed E-state index contributed by atoms with van der Waals surface area (Å²) < 4.78 is 0. The van der Waals surface area contributed by atoms with E-state index < -0.39 is 28.1 Å². The van der Waals surface area contributed by atoms with E-state index in [0.717, 1.165) is 6.21 Å². The van der Waals surface area contributed by atoms with Crippen LogP contribution in [0.1, 0.15) is 4.88 Å². The Hall–Kier alpha value is -2.46. The van der Waals surface area contributed by atoms with E-state index >= 15 is 0 Å². The van der Waals surface area contributed by atoms with Crippen LogP contribution in [0, 0.1) is 10.1 Å². The molecule has 0 bridgehead atoms. The normalized spacial score (nSPS) is 22.2. The summed E-state index contributed by atoms with van der Waals surface area (Å²) in [5.41, 5.74) is 4.59. The summed E-state index contributed by atoms with van der Waals surface area (Å²) in [6.07, 6.45) is 0.849. The Kier molecular flexibility index (Phi) is 2.96. The summed E-state index contributed by atoms with van der Waals surface area (Å²) in [7, 11) is 0. The number of rotatable bonds is 3. The number of hydrogen-bond acceptors (Lipinski definition) is 8. The molecule has 1 aliphatic rings. The maximum atomic E-state index is 11.1. The number of carbonyl (C=O) groups excluding carboxylic acids is 1. The van der Waals surface area contributed by atoms with Gasteiger partial charge in [0.15, 0.2) is 5.76 Å². The van der Waals surface area contributed by atoms with Crippen molar-refractivity contribution in [3.63, 3.8) is 0 Å². The number of allylic oxidation sites excluding steroid dienone is 1. The molecule has 1 aliphatic heterocycles. The maximum Gasteiger partial charge on any atom is 0.324 e. The van der Waals surface area contributed by atoms with Gasteiger partial charge in [-0.05, 0) is 6.07 Å². The number of aliphatic hydroxyl groups is 2. The quantitative estimate of drug-likeness (QED) is 0.441. The summed E-state index contributed by atoms with van der Waals surface area (Å²) in [5.74, 6) is -3.59. The highest BCUT2D eigenvalue weighted by atomic mass is 32.1. The Bertz CT molecular complexity index is 622. The van der Waals surface area contributed by atoms with Crippen molar-refractivity contribution in [2.24, 2.45) is 10.7 Å². The number of aliphatic hydroxyl groups excluding tert-OH is 1. The van der Waals surface area contributed by atoms with Gasteiger partial charge in [-0.1, -0.05) is 11.3 Å². The number of nitrogens with two attached hydrogens (primary N) is 1. The number of hydrogen-bond donors (Lipinski definition) is 4. The zero-order valence-electron chi connectivity index (χ0n) is 9.23. The summed E-state index contributed by atoms with van der Waals surface area (Å²) in [6.45, 7) is 0. The average Bonchev–Trinajstić information content (AvgIpc) is 2.82. The molecule has 0 spiro atoms. The molecule has 9 nitrogen and oxygen atoms in total. The minimum atomic E-state index is -2.07. The lowest BCUT2D eigenvalue weighted by Gasteiger charge is -2.27. The zero-order chi connectivity index (χ0) is 14.2. The van der Waals surface area contributed by atoms with Gasteiger partial charge in [-0.15, -0.1) is 0 Å². The van der Waals surface area contributed by atoms with Gasteiger partial charge < -0.3 is 21.3 Å². The summed E-state index contributed by atoms with van der Waals surface area (Å²) in [6, 6.07) is 2.48. The summed E-state index contributed by atoms with van der Waals surface area (Å²) >= 11 is 0.680. The largest absolute Gasteiger partial charge is 0.504 e. The lowest BCUT2D eigenvalue weighted by molar-refractivity contribution is -0.380. The standard InChI is InChI=1S/C9H8N4O5S/c10-8(15)7-4(14)3-11-9(16,12-7)5-1-2-6(19-5)13(17)18/h1-3,12,14,16H,(H2,10,15). The number of carbonyl (C=O) groups is 1. The highest BCUT2D eigenvalue weighted by molar-refractivity contribution is 7.15. The molecule has 0 saturated heterocycles. The molecule has 10 heteroatoms. The molecular weight excluding hydrogens is 276 g/mol. The van der Waals surface area contributed by atoms with E-state index in [4.69, 9.17) is 5.73 Å². The van der Waals surface area contributed by atoms with Crippen molar-refractivity contribution in [1.82, 2.24) is 5.32 Å². The Balaban J connectivity index is 2.37. The van der Waals surface area contributed by atoms with Crippen LogP contribution in [0.25, 0.3) is 0 Å². The molecule has 5 N–H and O–H groups in total. The Morgan fingerprint density at radius 1 is 1.58 bits per heavy atom. The Labute approximate surface area is 109 Å². The third kappa shape index (κ3) is 2.26. The van der Waals surface area contributed by atoms with Gasteiger partial charge >= 0.3 is 5.00 Å². The van der Waals surface area contributed by atoms with Gasteiger partial charge in [0.1, 0.15) is 5.70 Å². The number of nitrogens with zero attached hydrogens (tertiary/aromatic N) is 2. The lowest BCUT2D eigenvalue weighted by Crippen LogP contribution is -2.46. The first-order valence-electron chi connectivity index (χ1n) is 4.87. The van der Waals surface area contributed by atoms with Gasteiger partial charge in [0.05, 0.1) is 16.0 Å². The number of primary amides is 1. The Morgan fingerprint density at radius 3 is 2.79 bits per heavy atom. The molecule has 1 aromatic rings. The topological polar surface area (TPSA) is 151 Å². The van der Waals surface area contributed by atoms with Crippen molar-refractivity contribution >= 4 is 28.5 Å². The lowest BCUT2D eigenvalue weighted by atomic mass is 10.2. The van der Waals surface area contributed by atoms with E-state index in [2.05, 4.69) is 10.3 Å². The second kappa shape index (κ2) is 4.33. The predicted molar refractivity (Wildman–Crippen MR) is 65.3 cm³/mol. The molecular formula is C9H8N4O5S. The molecule has 100 valence electrons. The second-order valence-corrected chi connectivity index (χ2v) is 4.64. The first-order chi connectivity index (χ1) is 8.83. The molecule has 19 heavy (non-hydrogen) atoms. The smallest absolute Gasteiger partial charge is 0.324 e. The van der Waals surface area contributed by atoms with E-state index in [1.54, 1.807) is 0 Å². The van der Waals surface area contributed by atoms with Crippen molar-refractivity contribution in [3.8, 4) is 0 Å². The van der Waals surface area contributed by atoms with Crippen molar-refractivity contribution in [2.75, 3.05) is 0 Å². The first-order valence-corrected chi connectivity index (χ1v) is 5.68. The van der Waals surface area contributed by atoms with Crippen LogP contribution in [0.4, 0.5) is 5.00 Å². The number of thiophene rings is 1. The van der Waals surface area contributed by atoms with Crippen LogP contribution in [0.5, 0.6) is 0 Å². The molecule has 1 atom stereocenters. The fraction of sp³-hybridized carbons (Fsp3) is 0.111. The van der Waals surface area contributed by atoms with Crippen molar-refractivity contribution in [2.45, 2.75) is 5.85 Å². The van der Waals surface area contributed by atoms with Gasteiger partial charge in [0.2, 0.25) is 0 Å². The minimum Gasteiger partial charge on any atom is -0.504 e. The summed E-state index contributed by atoms with van der Waals surface area (Å²) in [5, 5.41) is 32.2. The molecule has 0 aromatic carbocycles. The number of nitro groups is 1. The molecule has 0 radical (unpaired) electrons. The van der Waals surface area contributed by atoms with Crippen LogP contribution in [0.15, 0.2) is 28.6 Å². The van der Waals surface area contributed by atoms with Crippen molar-refractivity contribution in [1.29, 1.82) is 0 Å². The zero-order valence-corrected chi connectivity index (χ0v) is 10.0. The van der Waals surface area contributed by atoms with Gasteiger partial charge in [0.25, 0.3) is 11.8 Å². The molecule has 2 heterocycles. The first kappa shape index (κ1) is 13.0. The Morgan fingerprint density at radius 2 is 2.26 bits per heavy atom. The fourth-order valence-electron chi connectivity index (χ4n) is 1.42. The number of amides is 1. The maximum absolute atomic E-state index is 11.1. The van der Waals surface area contributed by atoms with Crippen LogP contribution < -0.4 is 11.1 Å². The predicted octanol–water partition coefficient (Wildman–Crippen LogP) is -0.312. The molecule has 1 amide bonds. The molecule has 1 aromatic heterocycles. The van der Waals surface area contributed by atoms with Gasteiger partial charge in [-0.3, -0.25) is 14.9 Å². The van der Waals surface area contributed by atoms with Crippen molar-refractivity contribution < 1.29 is 19.9 Å². The highest BCUT2D eigenvalue weighted by Gasteiger charge is 2.37. The summed E-state index contributed by atoms with van der Waals surface area (Å²) in [4.78, 5) is 24.7. The van der Waals surface area contributed by atoms with E-state index in [0.29, 0.717) is 11.3 Å². The third-order valence-electron chi connectivity index (χ3n) is 2.29. The molecule has 2 rings (SSSR count). The fourth-order valence-corrected chi connectivity index (χ4v) is 2.23. The van der Waals surface area contributed by atoms with Crippen LogP contribution in [0.3, 0.4) is 0 Å². The molecule has 0 fully saturated rings. The monoisotopic (exact) mass is 284 g/mol. The molecule has 0 aliphatic carbocycles. The van der Waals surface area contributed by atoms with Crippen molar-refractivity contribution in [3.05, 3.63) is 38.6 Å². The highest BCUT2D eigenvalue weighted by Crippen LogP contribution is 2.33. The van der Waals surface area contributed by atoms with Gasteiger partial charge in [0, 0.05) is 6.07 Å².